The minimum Gasteiger partial charge on any atom is -0.377 e. The largest absolute Gasteiger partial charge is 0.377 e. The molecule has 0 radical (unpaired) electrons. The fourth-order valence-electron chi connectivity index (χ4n) is 4.47. The van der Waals surface area contributed by atoms with Crippen LogP contribution in [-0.4, -0.2) is 52.9 Å². The van der Waals surface area contributed by atoms with Crippen LogP contribution in [0.1, 0.15) is 32.5 Å². The van der Waals surface area contributed by atoms with Crippen molar-refractivity contribution >= 4 is 35.6 Å². The van der Waals surface area contributed by atoms with Crippen LogP contribution in [0.25, 0.3) is 5.65 Å². The maximum Gasteiger partial charge on any atom is 0.191 e. The van der Waals surface area contributed by atoms with Gasteiger partial charge in [0.15, 0.2) is 11.6 Å². The van der Waals surface area contributed by atoms with Gasteiger partial charge in [0.25, 0.3) is 0 Å². The molecule has 3 heterocycles. The second kappa shape index (κ2) is 8.30. The fourth-order valence-corrected chi connectivity index (χ4v) is 4.47. The van der Waals surface area contributed by atoms with Gasteiger partial charge in [0, 0.05) is 50.2 Å². The molecule has 1 saturated carbocycles. The fraction of sp³-hybridized carbons (Fsp3) is 0.632. The Bertz CT molecular complexity index is 804. The third-order valence-electron chi connectivity index (χ3n) is 5.87. The number of pyridine rings is 1. The van der Waals surface area contributed by atoms with E-state index in [1.54, 1.807) is 0 Å². The molecule has 0 aromatic carbocycles. The highest BCUT2D eigenvalue weighted by Crippen LogP contribution is 2.52. The molecular formula is C19H29IN6O. The molecule has 2 aromatic rings. The molecular weight excluding hydrogens is 455 g/mol. The lowest BCUT2D eigenvalue weighted by atomic mass is 9.57. The normalized spacial score (nSPS) is 26.2. The maximum atomic E-state index is 5.87. The SMILES string of the molecule is CN=C(NCCCc1nnc2ccccn12)NC1C2CCOC2C1(C)C.I. The Morgan fingerprint density at radius 1 is 1.37 bits per heavy atom. The summed E-state index contributed by atoms with van der Waals surface area (Å²) in [6.07, 6.45) is 5.39. The van der Waals surface area contributed by atoms with Gasteiger partial charge in [-0.1, -0.05) is 19.9 Å². The van der Waals surface area contributed by atoms with Crippen molar-refractivity contribution < 1.29 is 4.74 Å². The Labute approximate surface area is 177 Å². The summed E-state index contributed by atoms with van der Waals surface area (Å²) in [5.41, 5.74) is 1.05. The van der Waals surface area contributed by atoms with E-state index in [0.29, 0.717) is 18.1 Å². The van der Waals surface area contributed by atoms with Gasteiger partial charge in [-0.25, -0.2) is 0 Å². The smallest absolute Gasteiger partial charge is 0.191 e. The minimum atomic E-state index is 0. The molecule has 2 fully saturated rings. The van der Waals surface area contributed by atoms with E-state index in [4.69, 9.17) is 4.74 Å². The third-order valence-corrected chi connectivity index (χ3v) is 5.87. The molecule has 2 aromatic heterocycles. The van der Waals surface area contributed by atoms with Crippen molar-refractivity contribution in [3.8, 4) is 0 Å². The zero-order valence-corrected chi connectivity index (χ0v) is 18.5. The Hall–Kier alpha value is -1.42. The molecule has 0 amide bonds. The highest BCUT2D eigenvalue weighted by Gasteiger charge is 2.59. The molecule has 1 saturated heterocycles. The van der Waals surface area contributed by atoms with Crippen LogP contribution in [0.5, 0.6) is 0 Å². The summed E-state index contributed by atoms with van der Waals surface area (Å²) in [5.74, 6) is 2.47. The first kappa shape index (κ1) is 20.3. The highest BCUT2D eigenvalue weighted by molar-refractivity contribution is 14.0. The summed E-state index contributed by atoms with van der Waals surface area (Å²) in [6, 6.07) is 6.37. The first-order valence-corrected chi connectivity index (χ1v) is 9.48. The molecule has 8 heteroatoms. The topological polar surface area (TPSA) is 75.8 Å². The molecule has 0 spiro atoms. The number of hydrogen-bond donors (Lipinski definition) is 2. The van der Waals surface area contributed by atoms with Crippen molar-refractivity contribution in [3.63, 3.8) is 0 Å². The van der Waals surface area contributed by atoms with Gasteiger partial charge < -0.3 is 15.4 Å². The first-order valence-electron chi connectivity index (χ1n) is 9.48. The molecule has 3 unspecified atom stereocenters. The quantitative estimate of drug-likeness (QED) is 0.295. The standard InChI is InChI=1S/C19H28N6O.HI/c1-19(2)16(13-9-12-26-17(13)19)22-18(20-3)21-10-6-8-15-24-23-14-7-4-5-11-25(14)15;/h4-5,7,11,13,16-17H,6,8-10,12H2,1-3H3,(H2,20,21,22);1H. The minimum absolute atomic E-state index is 0. The summed E-state index contributed by atoms with van der Waals surface area (Å²) >= 11 is 0. The van der Waals surface area contributed by atoms with Gasteiger partial charge in [0.05, 0.1) is 6.10 Å². The van der Waals surface area contributed by atoms with E-state index in [1.807, 2.05) is 35.8 Å². The summed E-state index contributed by atoms with van der Waals surface area (Å²) in [6.45, 7) is 6.29. The van der Waals surface area contributed by atoms with Gasteiger partial charge >= 0.3 is 0 Å². The molecule has 1 aliphatic carbocycles. The number of halogens is 1. The summed E-state index contributed by atoms with van der Waals surface area (Å²) in [5, 5.41) is 15.5. The molecule has 3 atom stereocenters. The predicted molar refractivity (Wildman–Crippen MR) is 117 cm³/mol. The van der Waals surface area contributed by atoms with Gasteiger partial charge in [-0.15, -0.1) is 34.2 Å². The van der Waals surface area contributed by atoms with Gasteiger partial charge in [-0.05, 0) is 25.0 Å². The van der Waals surface area contributed by atoms with Gasteiger partial charge in [0.1, 0.15) is 5.82 Å². The number of aromatic nitrogens is 3. The Kier molecular flexibility index (Phi) is 6.25. The van der Waals surface area contributed by atoms with Gasteiger partial charge in [0.2, 0.25) is 0 Å². The monoisotopic (exact) mass is 484 g/mol. The van der Waals surface area contributed by atoms with Crippen LogP contribution in [0.4, 0.5) is 0 Å². The van der Waals surface area contributed by atoms with Crippen molar-refractivity contribution in [1.82, 2.24) is 25.2 Å². The average molecular weight is 484 g/mol. The molecule has 0 bridgehead atoms. The van der Waals surface area contributed by atoms with Gasteiger partial charge in [-0.3, -0.25) is 9.39 Å². The van der Waals surface area contributed by atoms with Crippen molar-refractivity contribution in [2.24, 2.45) is 16.3 Å². The highest BCUT2D eigenvalue weighted by atomic mass is 127. The van der Waals surface area contributed by atoms with Crippen LogP contribution in [0.2, 0.25) is 0 Å². The second-order valence-corrected chi connectivity index (χ2v) is 7.83. The molecule has 148 valence electrons. The Morgan fingerprint density at radius 2 is 2.22 bits per heavy atom. The summed E-state index contributed by atoms with van der Waals surface area (Å²) in [4.78, 5) is 4.39. The van der Waals surface area contributed by atoms with Crippen LogP contribution in [-0.2, 0) is 11.2 Å². The number of guanidine groups is 1. The summed E-state index contributed by atoms with van der Waals surface area (Å²) < 4.78 is 7.92. The average Bonchev–Trinajstić information content (AvgIpc) is 3.27. The lowest BCUT2D eigenvalue weighted by Crippen LogP contribution is -2.67. The number of aliphatic imine (C=N–C) groups is 1. The van der Waals surface area contributed by atoms with Crippen molar-refractivity contribution in [2.75, 3.05) is 20.2 Å². The number of fused-ring (bicyclic) bond motifs is 2. The van der Waals surface area contributed by atoms with Crippen LogP contribution < -0.4 is 10.6 Å². The zero-order valence-electron chi connectivity index (χ0n) is 16.2. The van der Waals surface area contributed by atoms with Crippen molar-refractivity contribution in [3.05, 3.63) is 30.2 Å². The van der Waals surface area contributed by atoms with E-state index in [0.717, 1.165) is 49.8 Å². The lowest BCUT2D eigenvalue weighted by molar-refractivity contribution is -0.106. The van der Waals surface area contributed by atoms with Crippen LogP contribution >= 0.6 is 24.0 Å². The van der Waals surface area contributed by atoms with Gasteiger partial charge in [-0.2, -0.15) is 0 Å². The van der Waals surface area contributed by atoms with E-state index < -0.39 is 0 Å². The van der Waals surface area contributed by atoms with Crippen LogP contribution in [0, 0.1) is 11.3 Å². The zero-order chi connectivity index (χ0) is 18.1. The molecule has 2 N–H and O–H groups in total. The molecule has 4 rings (SSSR count). The van der Waals surface area contributed by atoms with Crippen LogP contribution in [0.15, 0.2) is 29.4 Å². The summed E-state index contributed by atoms with van der Waals surface area (Å²) in [7, 11) is 1.83. The first-order chi connectivity index (χ1) is 12.6. The molecule has 27 heavy (non-hydrogen) atoms. The number of nitrogens with zero attached hydrogens (tertiary/aromatic N) is 4. The van der Waals surface area contributed by atoms with E-state index in [-0.39, 0.29) is 29.4 Å². The molecule has 1 aliphatic heterocycles. The number of ether oxygens (including phenoxy) is 1. The molecule has 7 nitrogen and oxygen atoms in total. The van der Waals surface area contributed by atoms with E-state index >= 15 is 0 Å². The Balaban J connectivity index is 0.00000210. The van der Waals surface area contributed by atoms with Crippen molar-refractivity contribution in [1.29, 1.82) is 0 Å². The number of hydrogen-bond acceptors (Lipinski definition) is 4. The second-order valence-electron chi connectivity index (χ2n) is 7.83. The maximum absolute atomic E-state index is 5.87. The van der Waals surface area contributed by atoms with E-state index in [2.05, 4.69) is 39.7 Å². The number of aryl methyl sites for hydroxylation is 1. The third kappa shape index (κ3) is 3.78. The van der Waals surface area contributed by atoms with E-state index in [9.17, 15) is 0 Å². The van der Waals surface area contributed by atoms with Crippen molar-refractivity contribution in [2.45, 2.75) is 45.3 Å². The number of rotatable bonds is 5. The van der Waals surface area contributed by atoms with E-state index in [1.165, 1.54) is 0 Å². The van der Waals surface area contributed by atoms with Crippen LogP contribution in [0.3, 0.4) is 0 Å². The lowest BCUT2D eigenvalue weighted by Gasteiger charge is -2.54. The molecule has 2 aliphatic rings. The number of nitrogens with one attached hydrogen (secondary N) is 2. The Morgan fingerprint density at radius 3 is 3.04 bits per heavy atom. The predicted octanol–water partition coefficient (Wildman–Crippen LogP) is 2.26.